The summed E-state index contributed by atoms with van der Waals surface area (Å²) in [5.41, 5.74) is 0.657. The van der Waals surface area contributed by atoms with Gasteiger partial charge in [0.2, 0.25) is 0 Å². The van der Waals surface area contributed by atoms with Crippen LogP contribution in [0.25, 0.3) is 0 Å². The van der Waals surface area contributed by atoms with Crippen LogP contribution in [0.15, 0.2) is 18.3 Å². The zero-order valence-electron chi connectivity index (χ0n) is 11.9. The molecule has 21 heavy (non-hydrogen) atoms. The third kappa shape index (κ3) is 6.06. The van der Waals surface area contributed by atoms with E-state index < -0.39 is 0 Å². The molecule has 0 bridgehead atoms. The summed E-state index contributed by atoms with van der Waals surface area (Å²) >= 11 is 0. The summed E-state index contributed by atoms with van der Waals surface area (Å²) in [6.07, 6.45) is 2.25. The van der Waals surface area contributed by atoms with Gasteiger partial charge in [0.1, 0.15) is 12.3 Å². The summed E-state index contributed by atoms with van der Waals surface area (Å²) in [5, 5.41) is 11.4. The van der Waals surface area contributed by atoms with Crippen molar-refractivity contribution in [2.24, 2.45) is 0 Å². The zero-order chi connectivity index (χ0) is 15.5. The second-order valence-corrected chi connectivity index (χ2v) is 4.02. The number of carbonyl (C=O) groups is 2. The monoisotopic (exact) mass is 290 g/mol. The van der Waals surface area contributed by atoms with Crippen LogP contribution >= 0.6 is 0 Å². The minimum Gasteiger partial charge on any atom is -0.466 e. The number of nitrogens with zero attached hydrogens (tertiary/aromatic N) is 1. The molecule has 112 valence electrons. The first-order valence-electron chi connectivity index (χ1n) is 6.67. The van der Waals surface area contributed by atoms with E-state index in [4.69, 9.17) is 9.84 Å². The van der Waals surface area contributed by atoms with Crippen LogP contribution in [0.5, 0.6) is 0 Å². The van der Waals surface area contributed by atoms with E-state index in [1.54, 1.807) is 19.1 Å². The van der Waals surface area contributed by atoms with Gasteiger partial charge in [0.15, 0.2) is 0 Å². The summed E-state index contributed by atoms with van der Waals surface area (Å²) in [5.74, 6) is 4.51. The molecule has 0 atom stereocenters. The van der Waals surface area contributed by atoms with Crippen LogP contribution in [0.3, 0.4) is 0 Å². The van der Waals surface area contributed by atoms with E-state index in [-0.39, 0.29) is 30.6 Å². The number of pyridine rings is 1. The SMILES string of the molecule is CCOC(=O)CCCNC(=O)c1ncccc1C#CCO. The number of rotatable bonds is 6. The number of esters is 1. The molecule has 0 unspecified atom stereocenters. The Kier molecular flexibility index (Phi) is 7.54. The first kappa shape index (κ1) is 16.7. The molecule has 1 aromatic heterocycles. The molecule has 0 saturated carbocycles. The molecule has 0 spiro atoms. The van der Waals surface area contributed by atoms with Crippen molar-refractivity contribution in [2.75, 3.05) is 19.8 Å². The fraction of sp³-hybridized carbons (Fsp3) is 0.400. The average molecular weight is 290 g/mol. The van der Waals surface area contributed by atoms with Gasteiger partial charge in [0, 0.05) is 19.2 Å². The van der Waals surface area contributed by atoms with Crippen LogP contribution in [0.2, 0.25) is 0 Å². The molecule has 0 fully saturated rings. The lowest BCUT2D eigenvalue weighted by Gasteiger charge is -2.06. The molecule has 6 nitrogen and oxygen atoms in total. The number of nitrogens with one attached hydrogen (secondary N) is 1. The molecule has 1 aromatic rings. The number of aliphatic hydroxyl groups is 1. The third-order valence-corrected chi connectivity index (χ3v) is 2.47. The molecule has 1 amide bonds. The van der Waals surface area contributed by atoms with Gasteiger partial charge < -0.3 is 15.2 Å². The van der Waals surface area contributed by atoms with Crippen molar-refractivity contribution in [2.45, 2.75) is 19.8 Å². The Morgan fingerprint density at radius 3 is 3.00 bits per heavy atom. The topological polar surface area (TPSA) is 88.5 Å². The minimum absolute atomic E-state index is 0.203. The van der Waals surface area contributed by atoms with Gasteiger partial charge in [-0.05, 0) is 25.5 Å². The molecule has 0 aliphatic carbocycles. The summed E-state index contributed by atoms with van der Waals surface area (Å²) in [6, 6.07) is 3.32. The highest BCUT2D eigenvalue weighted by molar-refractivity contribution is 5.94. The first-order chi connectivity index (χ1) is 10.2. The van der Waals surface area contributed by atoms with Crippen molar-refractivity contribution in [1.82, 2.24) is 10.3 Å². The smallest absolute Gasteiger partial charge is 0.305 e. The first-order valence-corrected chi connectivity index (χ1v) is 6.67. The number of aliphatic hydroxyl groups excluding tert-OH is 1. The van der Waals surface area contributed by atoms with Gasteiger partial charge in [-0.15, -0.1) is 0 Å². The van der Waals surface area contributed by atoms with E-state index in [1.807, 2.05) is 0 Å². The molecule has 0 aromatic carbocycles. The Morgan fingerprint density at radius 1 is 1.48 bits per heavy atom. The molecule has 2 N–H and O–H groups in total. The lowest BCUT2D eigenvalue weighted by Crippen LogP contribution is -2.26. The van der Waals surface area contributed by atoms with Crippen LogP contribution < -0.4 is 5.32 Å². The van der Waals surface area contributed by atoms with Gasteiger partial charge in [-0.2, -0.15) is 0 Å². The number of hydrogen-bond donors (Lipinski definition) is 2. The molecule has 0 saturated heterocycles. The van der Waals surface area contributed by atoms with Crippen molar-refractivity contribution < 1.29 is 19.4 Å². The fourth-order valence-corrected chi connectivity index (χ4v) is 1.57. The average Bonchev–Trinajstić information content (AvgIpc) is 2.50. The molecule has 1 heterocycles. The van der Waals surface area contributed by atoms with Crippen molar-refractivity contribution in [3.8, 4) is 11.8 Å². The van der Waals surface area contributed by atoms with Crippen molar-refractivity contribution in [3.05, 3.63) is 29.6 Å². The summed E-state index contributed by atoms with van der Waals surface area (Å²) in [4.78, 5) is 27.1. The van der Waals surface area contributed by atoms with E-state index >= 15 is 0 Å². The number of ether oxygens (including phenoxy) is 1. The van der Waals surface area contributed by atoms with E-state index in [9.17, 15) is 9.59 Å². The van der Waals surface area contributed by atoms with Crippen molar-refractivity contribution in [1.29, 1.82) is 0 Å². The zero-order valence-corrected chi connectivity index (χ0v) is 11.9. The summed E-state index contributed by atoms with van der Waals surface area (Å²) in [7, 11) is 0. The van der Waals surface area contributed by atoms with Gasteiger partial charge >= 0.3 is 5.97 Å². The lowest BCUT2D eigenvalue weighted by molar-refractivity contribution is -0.143. The lowest BCUT2D eigenvalue weighted by atomic mass is 10.2. The highest BCUT2D eigenvalue weighted by Crippen LogP contribution is 2.03. The predicted molar refractivity (Wildman–Crippen MR) is 76.4 cm³/mol. The Hall–Kier alpha value is -2.39. The summed E-state index contributed by atoms with van der Waals surface area (Å²) in [6.45, 7) is 2.16. The molecular formula is C15H18N2O4. The quantitative estimate of drug-likeness (QED) is 0.452. The number of aromatic nitrogens is 1. The van der Waals surface area contributed by atoms with Gasteiger partial charge in [-0.1, -0.05) is 11.8 Å². The van der Waals surface area contributed by atoms with Crippen molar-refractivity contribution in [3.63, 3.8) is 0 Å². The van der Waals surface area contributed by atoms with Gasteiger partial charge in [0.25, 0.3) is 5.91 Å². The second-order valence-electron chi connectivity index (χ2n) is 4.02. The minimum atomic E-state index is -0.360. The van der Waals surface area contributed by atoms with Crippen LogP contribution in [0.1, 0.15) is 35.8 Å². The van der Waals surface area contributed by atoms with Crippen LogP contribution in [0, 0.1) is 11.8 Å². The van der Waals surface area contributed by atoms with E-state index in [0.29, 0.717) is 25.1 Å². The van der Waals surface area contributed by atoms with E-state index in [2.05, 4.69) is 22.1 Å². The van der Waals surface area contributed by atoms with Gasteiger partial charge in [-0.25, -0.2) is 4.98 Å². The standard InChI is InChI=1S/C15H18N2O4/c1-2-21-13(19)8-4-10-17-15(20)14-12(7-5-11-18)6-3-9-16-14/h3,6,9,18H,2,4,8,10-11H2,1H3,(H,17,20). The van der Waals surface area contributed by atoms with Crippen LogP contribution in [-0.2, 0) is 9.53 Å². The maximum Gasteiger partial charge on any atom is 0.305 e. The normalized spacial score (nSPS) is 9.43. The molecule has 0 radical (unpaired) electrons. The number of hydrogen-bond acceptors (Lipinski definition) is 5. The Morgan fingerprint density at radius 2 is 2.29 bits per heavy atom. The van der Waals surface area contributed by atoms with Crippen LogP contribution in [0.4, 0.5) is 0 Å². The molecule has 0 aliphatic rings. The maximum absolute atomic E-state index is 12.0. The largest absolute Gasteiger partial charge is 0.466 e. The fourth-order valence-electron chi connectivity index (χ4n) is 1.57. The Labute approximate surface area is 123 Å². The molecule has 6 heteroatoms. The molecule has 1 rings (SSSR count). The molecule has 0 aliphatic heterocycles. The Bertz CT molecular complexity index is 546. The third-order valence-electron chi connectivity index (χ3n) is 2.47. The van der Waals surface area contributed by atoms with E-state index in [0.717, 1.165) is 0 Å². The highest BCUT2D eigenvalue weighted by atomic mass is 16.5. The highest BCUT2D eigenvalue weighted by Gasteiger charge is 2.11. The molecular weight excluding hydrogens is 272 g/mol. The predicted octanol–water partition coefficient (Wildman–Crippen LogP) is 0.498. The van der Waals surface area contributed by atoms with E-state index in [1.165, 1.54) is 6.20 Å². The number of amides is 1. The summed E-state index contributed by atoms with van der Waals surface area (Å²) < 4.78 is 4.79. The van der Waals surface area contributed by atoms with Crippen LogP contribution in [-0.4, -0.2) is 41.7 Å². The Balaban J connectivity index is 2.51. The number of carbonyl (C=O) groups excluding carboxylic acids is 2. The second kappa shape index (κ2) is 9.50. The van der Waals surface area contributed by atoms with Crippen molar-refractivity contribution >= 4 is 11.9 Å². The maximum atomic E-state index is 12.0. The van der Waals surface area contributed by atoms with Gasteiger partial charge in [0.05, 0.1) is 12.2 Å². The van der Waals surface area contributed by atoms with Gasteiger partial charge in [-0.3, -0.25) is 9.59 Å².